The van der Waals surface area contributed by atoms with Crippen LogP contribution in [-0.4, -0.2) is 127 Å². The van der Waals surface area contributed by atoms with Crippen molar-refractivity contribution in [1.82, 2.24) is 20.0 Å². The fraction of sp³-hybridized carbons (Fsp3) is 0.489. The Kier molecular flexibility index (Phi) is 18.2. The Hall–Kier alpha value is -5.63. The van der Waals surface area contributed by atoms with Gasteiger partial charge in [0.05, 0.1) is 14.2 Å². The fourth-order valence-electron chi connectivity index (χ4n) is 6.63. The molecule has 3 N–H and O–H groups in total. The Labute approximate surface area is 348 Å². The third-order valence-electron chi connectivity index (χ3n) is 10.8. The van der Waals surface area contributed by atoms with E-state index in [1.807, 2.05) is 19.1 Å². The van der Waals surface area contributed by atoms with E-state index in [1.165, 1.54) is 55.3 Å². The Balaban J connectivity index is 1.90. The van der Waals surface area contributed by atoms with Gasteiger partial charge in [0.1, 0.15) is 41.4 Å². The van der Waals surface area contributed by atoms with Gasteiger partial charge in [0.2, 0.25) is 11.8 Å². The molecule has 0 radical (unpaired) electrons. The molecule has 0 aromatic heterocycles. The zero-order valence-corrected chi connectivity index (χ0v) is 36.0. The molecule has 0 fully saturated rings. The van der Waals surface area contributed by atoms with Crippen LogP contribution in [0.5, 0.6) is 17.2 Å². The predicted molar refractivity (Wildman–Crippen MR) is 224 cm³/mol. The van der Waals surface area contributed by atoms with E-state index in [9.17, 15) is 34.2 Å². The number of hydrogen-bond donors (Lipinski definition) is 3. The maximum atomic E-state index is 14.5. The molecule has 0 bridgehead atoms. The molecule has 59 heavy (non-hydrogen) atoms. The number of phenols is 2. The topological polar surface area (TPSA) is 175 Å². The quantitative estimate of drug-likeness (QED) is 0.130. The number of carbonyl (C=O) groups excluding carboxylic acids is 5. The first kappa shape index (κ1) is 47.7. The van der Waals surface area contributed by atoms with Crippen molar-refractivity contribution < 1.29 is 48.4 Å². The molecule has 6 atom stereocenters. The first-order valence-electron chi connectivity index (χ1n) is 19.9. The number of ether oxygens (including phenoxy) is 3. The summed E-state index contributed by atoms with van der Waals surface area (Å²) in [4.78, 5) is 74.3. The fourth-order valence-corrected chi connectivity index (χ4v) is 6.63. The third kappa shape index (κ3) is 13.5. The highest BCUT2D eigenvalue weighted by molar-refractivity contribution is 5.95. The van der Waals surface area contributed by atoms with Gasteiger partial charge in [-0.15, -0.1) is 0 Å². The van der Waals surface area contributed by atoms with Gasteiger partial charge in [-0.25, -0.2) is 4.79 Å². The average Bonchev–Trinajstić information content (AvgIpc) is 3.22. The number of esters is 2. The maximum Gasteiger partial charge on any atom is 0.328 e. The number of benzene rings is 3. The van der Waals surface area contributed by atoms with Crippen molar-refractivity contribution in [3.8, 4) is 17.2 Å². The minimum atomic E-state index is -1.22. The highest BCUT2D eigenvalue weighted by Crippen LogP contribution is 2.22. The van der Waals surface area contributed by atoms with Crippen molar-refractivity contribution >= 4 is 29.7 Å². The second-order valence-electron chi connectivity index (χ2n) is 15.5. The number of methoxy groups -OCH3 is 2. The first-order valence-corrected chi connectivity index (χ1v) is 19.9. The largest absolute Gasteiger partial charge is 0.508 e. The summed E-state index contributed by atoms with van der Waals surface area (Å²) in [5.74, 6) is -3.06. The Morgan fingerprint density at radius 2 is 1.15 bits per heavy atom. The number of nitrogens with one attached hydrogen (secondary N) is 1. The lowest BCUT2D eigenvalue weighted by Gasteiger charge is -2.36. The summed E-state index contributed by atoms with van der Waals surface area (Å²) in [7, 11) is 9.27. The van der Waals surface area contributed by atoms with Gasteiger partial charge in [-0.2, -0.15) is 0 Å². The lowest BCUT2D eigenvalue weighted by Crippen LogP contribution is -2.59. The van der Waals surface area contributed by atoms with Gasteiger partial charge in [-0.3, -0.25) is 24.1 Å². The molecule has 0 aliphatic rings. The molecule has 3 aromatic rings. The third-order valence-corrected chi connectivity index (χ3v) is 10.8. The summed E-state index contributed by atoms with van der Waals surface area (Å²) in [5.41, 5.74) is 2.33. The number of phenolic OH excluding ortho intramolecular Hbond substituents is 2. The molecule has 0 aliphatic heterocycles. The summed E-state index contributed by atoms with van der Waals surface area (Å²) in [6, 6.07) is 16.1. The molecule has 3 aromatic carbocycles. The lowest BCUT2D eigenvalue weighted by molar-refractivity contribution is -0.164. The highest BCUT2D eigenvalue weighted by Gasteiger charge is 2.40. The monoisotopic (exact) mass is 818 g/mol. The number of hydrogen-bond acceptors (Lipinski definition) is 11. The number of nitrogens with zero attached hydrogens (tertiary/aromatic N) is 3. The van der Waals surface area contributed by atoms with Gasteiger partial charge in [-0.1, -0.05) is 64.1 Å². The Morgan fingerprint density at radius 1 is 0.661 bits per heavy atom. The summed E-state index contributed by atoms with van der Waals surface area (Å²) in [5, 5.41) is 22.5. The molecule has 14 heteroatoms. The van der Waals surface area contributed by atoms with Crippen LogP contribution in [0.3, 0.4) is 0 Å². The van der Waals surface area contributed by atoms with Gasteiger partial charge >= 0.3 is 11.9 Å². The molecule has 3 amide bonds. The molecule has 322 valence electrons. The lowest BCUT2D eigenvalue weighted by atomic mass is 9.96. The van der Waals surface area contributed by atoms with E-state index in [4.69, 9.17) is 14.2 Å². The Morgan fingerprint density at radius 3 is 1.63 bits per heavy atom. The van der Waals surface area contributed by atoms with E-state index in [1.54, 1.807) is 83.3 Å². The molecule has 0 aliphatic carbocycles. The van der Waals surface area contributed by atoms with Gasteiger partial charge in [0.15, 0.2) is 6.10 Å². The summed E-state index contributed by atoms with van der Waals surface area (Å²) >= 11 is 0. The number of likely N-dealkylation sites (N-methyl/N-ethyl adjacent to an activating group) is 3. The standard InChI is InChI=1S/C45H62N4O10/c1-11-29(4)40(59-45(56)38(47(5)6)27-32-16-23-35(57-9)24-17-32)41(52)46-39(28(2)3)43(54)49(8)37(26-31-14-21-34(51)22-15-31)42(53)48(7)36(44(55)58-10)25-18-30-12-19-33(50)20-13-30/h12-17,19-24,28-29,36-40,50-51H,11,18,25-27H2,1-10H3,(H,46,52)/t29-,36-,37+,38-,39-,40+/m1/s1. The predicted octanol–water partition coefficient (Wildman–Crippen LogP) is 4.38. The average molecular weight is 819 g/mol. The van der Waals surface area contributed by atoms with Crippen LogP contribution in [-0.2, 0) is 52.7 Å². The highest BCUT2D eigenvalue weighted by atomic mass is 16.6. The van der Waals surface area contributed by atoms with E-state index in [0.717, 1.165) is 11.1 Å². The van der Waals surface area contributed by atoms with Crippen LogP contribution in [0.15, 0.2) is 72.8 Å². The molecular weight excluding hydrogens is 757 g/mol. The smallest absolute Gasteiger partial charge is 0.328 e. The minimum absolute atomic E-state index is 0.0174. The zero-order chi connectivity index (χ0) is 44.0. The second-order valence-corrected chi connectivity index (χ2v) is 15.5. The van der Waals surface area contributed by atoms with Crippen LogP contribution in [0.1, 0.15) is 57.2 Å². The summed E-state index contributed by atoms with van der Waals surface area (Å²) in [6.45, 7) is 7.20. The summed E-state index contributed by atoms with van der Waals surface area (Å²) in [6.07, 6.45) is 0.193. The maximum absolute atomic E-state index is 14.5. The van der Waals surface area contributed by atoms with Gasteiger partial charge in [0, 0.05) is 26.4 Å². The van der Waals surface area contributed by atoms with Crippen LogP contribution in [0.25, 0.3) is 0 Å². The molecule has 0 saturated heterocycles. The van der Waals surface area contributed by atoms with Crippen LogP contribution in [0, 0.1) is 11.8 Å². The van der Waals surface area contributed by atoms with Crippen molar-refractivity contribution in [3.63, 3.8) is 0 Å². The number of rotatable bonds is 21. The van der Waals surface area contributed by atoms with E-state index in [2.05, 4.69) is 5.32 Å². The number of carbonyl (C=O) groups is 5. The zero-order valence-electron chi connectivity index (χ0n) is 36.0. The normalized spacial score (nSPS) is 14.3. The molecule has 3 rings (SSSR count). The van der Waals surface area contributed by atoms with Crippen molar-refractivity contribution in [1.29, 1.82) is 0 Å². The first-order chi connectivity index (χ1) is 27.9. The molecule has 0 heterocycles. The number of aromatic hydroxyl groups is 2. The Bertz CT molecular complexity index is 1830. The van der Waals surface area contributed by atoms with Crippen molar-refractivity contribution in [2.24, 2.45) is 11.8 Å². The van der Waals surface area contributed by atoms with Gasteiger partial charge in [0.25, 0.3) is 5.91 Å². The minimum Gasteiger partial charge on any atom is -0.508 e. The van der Waals surface area contributed by atoms with Crippen molar-refractivity contribution in [2.45, 2.75) is 90.1 Å². The van der Waals surface area contributed by atoms with Crippen LogP contribution < -0.4 is 10.1 Å². The molecule has 0 unspecified atom stereocenters. The van der Waals surface area contributed by atoms with Crippen LogP contribution >= 0.6 is 0 Å². The van der Waals surface area contributed by atoms with Crippen LogP contribution in [0.4, 0.5) is 0 Å². The SMILES string of the molecule is CC[C@@H](C)[C@H](OC(=O)[C@@H](Cc1ccc(OC)cc1)N(C)C)C(=O)N[C@@H](C(=O)N(C)[C@@H](Cc1ccc(O)cc1)C(=O)N(C)[C@H](CCc1ccc(O)cc1)C(=O)OC)C(C)C. The number of aryl methyl sites for hydroxylation is 1. The molecule has 0 saturated carbocycles. The van der Waals surface area contributed by atoms with Gasteiger partial charge < -0.3 is 39.5 Å². The van der Waals surface area contributed by atoms with E-state index < -0.39 is 71.8 Å². The van der Waals surface area contributed by atoms with E-state index in [-0.39, 0.29) is 24.3 Å². The summed E-state index contributed by atoms with van der Waals surface area (Å²) < 4.78 is 16.3. The molecule has 14 nitrogen and oxygen atoms in total. The van der Waals surface area contributed by atoms with E-state index >= 15 is 0 Å². The van der Waals surface area contributed by atoms with Crippen molar-refractivity contribution in [3.05, 3.63) is 89.5 Å². The van der Waals surface area contributed by atoms with E-state index in [0.29, 0.717) is 30.6 Å². The van der Waals surface area contributed by atoms with Crippen molar-refractivity contribution in [2.75, 3.05) is 42.4 Å². The molecule has 0 spiro atoms. The second kappa shape index (κ2) is 22.5. The van der Waals surface area contributed by atoms with Crippen LogP contribution in [0.2, 0.25) is 0 Å². The van der Waals surface area contributed by atoms with Gasteiger partial charge in [-0.05, 0) is 98.8 Å². The molecular formula is C45H62N4O10. The number of amides is 3.